The average Bonchev–Trinajstić information content (AvgIpc) is 2.38. The van der Waals surface area contributed by atoms with Crippen molar-refractivity contribution in [3.63, 3.8) is 0 Å². The van der Waals surface area contributed by atoms with Gasteiger partial charge in [-0.25, -0.2) is 8.42 Å². The van der Waals surface area contributed by atoms with Gasteiger partial charge in [-0.2, -0.15) is 4.31 Å². The Kier molecular flexibility index (Phi) is 4.28. The molecule has 1 atom stereocenters. The zero-order valence-corrected chi connectivity index (χ0v) is 12.6. The summed E-state index contributed by atoms with van der Waals surface area (Å²) >= 11 is 0. The first-order valence-corrected chi connectivity index (χ1v) is 8.50. The Hall–Kier alpha value is -0.910. The molecule has 0 radical (unpaired) electrons. The Labute approximate surface area is 116 Å². The molecule has 106 valence electrons. The van der Waals surface area contributed by atoms with E-state index in [-0.39, 0.29) is 6.04 Å². The fourth-order valence-electron chi connectivity index (χ4n) is 2.66. The average molecular weight is 282 g/mol. The highest BCUT2D eigenvalue weighted by Crippen LogP contribution is 2.28. The molecule has 1 aromatic rings. The van der Waals surface area contributed by atoms with E-state index in [2.05, 4.69) is 30.9 Å². The molecule has 0 aromatic heterocycles. The zero-order valence-electron chi connectivity index (χ0n) is 11.8. The lowest BCUT2D eigenvalue weighted by atomic mass is 10.0. The molecule has 19 heavy (non-hydrogen) atoms. The van der Waals surface area contributed by atoms with Gasteiger partial charge in [-0.1, -0.05) is 30.3 Å². The van der Waals surface area contributed by atoms with E-state index in [9.17, 15) is 8.42 Å². The summed E-state index contributed by atoms with van der Waals surface area (Å²) in [6, 6.07) is 10.7. The third kappa shape index (κ3) is 3.35. The number of hydrogen-bond acceptors (Lipinski definition) is 3. The second-order valence-corrected chi connectivity index (χ2v) is 7.36. The maximum atomic E-state index is 11.7. The first-order chi connectivity index (χ1) is 8.89. The molecule has 0 N–H and O–H groups in total. The minimum atomic E-state index is -3.11. The standard InChI is InChI=1S/C14H22N2O2S/c1-12(2)16-10-9-15(19(3,17)18)11-14(16)13-7-5-4-6-8-13/h4-8,12,14H,9-11H2,1-3H3/t14-/m0/s1. The molecule has 0 saturated carbocycles. The molecule has 2 rings (SSSR count). The lowest BCUT2D eigenvalue weighted by molar-refractivity contribution is 0.0877. The van der Waals surface area contributed by atoms with Crippen LogP contribution in [-0.2, 0) is 10.0 Å². The van der Waals surface area contributed by atoms with Crippen LogP contribution in [0.25, 0.3) is 0 Å². The van der Waals surface area contributed by atoms with Crippen LogP contribution in [0.15, 0.2) is 30.3 Å². The van der Waals surface area contributed by atoms with Crippen LogP contribution in [0.1, 0.15) is 25.5 Å². The number of sulfonamides is 1. The van der Waals surface area contributed by atoms with E-state index >= 15 is 0 Å². The maximum absolute atomic E-state index is 11.7. The second-order valence-electron chi connectivity index (χ2n) is 5.38. The highest BCUT2D eigenvalue weighted by atomic mass is 32.2. The van der Waals surface area contributed by atoms with Crippen molar-refractivity contribution in [3.8, 4) is 0 Å². The summed E-state index contributed by atoms with van der Waals surface area (Å²) in [7, 11) is -3.11. The van der Waals surface area contributed by atoms with Gasteiger partial charge in [0.15, 0.2) is 0 Å². The number of hydrogen-bond donors (Lipinski definition) is 0. The summed E-state index contributed by atoms with van der Waals surface area (Å²) < 4.78 is 25.1. The zero-order chi connectivity index (χ0) is 14.0. The molecule has 4 nitrogen and oxygen atoms in total. The van der Waals surface area contributed by atoms with Gasteiger partial charge in [0, 0.05) is 31.7 Å². The molecule has 0 bridgehead atoms. The Morgan fingerprint density at radius 2 is 1.79 bits per heavy atom. The van der Waals surface area contributed by atoms with Gasteiger partial charge in [0.25, 0.3) is 0 Å². The van der Waals surface area contributed by atoms with E-state index in [1.807, 2.05) is 18.2 Å². The summed E-state index contributed by atoms with van der Waals surface area (Å²) in [6.45, 7) is 6.23. The van der Waals surface area contributed by atoms with Crippen molar-refractivity contribution < 1.29 is 8.42 Å². The van der Waals surface area contributed by atoms with Crippen molar-refractivity contribution in [1.29, 1.82) is 0 Å². The highest BCUT2D eigenvalue weighted by molar-refractivity contribution is 7.88. The predicted molar refractivity (Wildman–Crippen MR) is 77.4 cm³/mol. The molecule has 1 heterocycles. The number of piperazine rings is 1. The van der Waals surface area contributed by atoms with Crippen LogP contribution in [0, 0.1) is 0 Å². The van der Waals surface area contributed by atoms with Gasteiger partial charge in [0.05, 0.1) is 6.26 Å². The van der Waals surface area contributed by atoms with Gasteiger partial charge in [-0.05, 0) is 19.4 Å². The van der Waals surface area contributed by atoms with Gasteiger partial charge in [0.1, 0.15) is 0 Å². The van der Waals surface area contributed by atoms with E-state index in [1.165, 1.54) is 11.8 Å². The van der Waals surface area contributed by atoms with Gasteiger partial charge in [-0.15, -0.1) is 0 Å². The monoisotopic (exact) mass is 282 g/mol. The van der Waals surface area contributed by atoms with E-state index < -0.39 is 10.0 Å². The molecule has 1 aliphatic rings. The van der Waals surface area contributed by atoms with Crippen LogP contribution < -0.4 is 0 Å². The van der Waals surface area contributed by atoms with Crippen LogP contribution in [-0.4, -0.2) is 49.6 Å². The smallest absolute Gasteiger partial charge is 0.211 e. The molecule has 5 heteroatoms. The fourth-order valence-corrected chi connectivity index (χ4v) is 3.49. The Bertz CT molecular complexity index is 514. The fraction of sp³-hybridized carbons (Fsp3) is 0.571. The van der Waals surface area contributed by atoms with Crippen LogP contribution in [0.2, 0.25) is 0 Å². The first-order valence-electron chi connectivity index (χ1n) is 6.65. The van der Waals surface area contributed by atoms with Crippen LogP contribution in [0.3, 0.4) is 0 Å². The van der Waals surface area contributed by atoms with Crippen molar-refractivity contribution in [2.24, 2.45) is 0 Å². The SMILES string of the molecule is CC(C)N1CCN(S(C)(=O)=O)C[C@H]1c1ccccc1. The van der Waals surface area contributed by atoms with Crippen molar-refractivity contribution >= 4 is 10.0 Å². The molecular weight excluding hydrogens is 260 g/mol. The second kappa shape index (κ2) is 5.61. The summed E-state index contributed by atoms with van der Waals surface area (Å²) in [4.78, 5) is 2.37. The Balaban J connectivity index is 2.28. The number of benzene rings is 1. The Morgan fingerprint density at radius 3 is 2.32 bits per heavy atom. The summed E-state index contributed by atoms with van der Waals surface area (Å²) in [5, 5.41) is 0. The summed E-state index contributed by atoms with van der Waals surface area (Å²) in [5.74, 6) is 0. The minimum absolute atomic E-state index is 0.143. The maximum Gasteiger partial charge on any atom is 0.211 e. The van der Waals surface area contributed by atoms with Crippen molar-refractivity contribution in [3.05, 3.63) is 35.9 Å². The van der Waals surface area contributed by atoms with Gasteiger partial charge >= 0.3 is 0 Å². The predicted octanol–water partition coefficient (Wildman–Crippen LogP) is 1.71. The number of rotatable bonds is 3. The lowest BCUT2D eigenvalue weighted by Crippen LogP contribution is -2.52. The van der Waals surface area contributed by atoms with Crippen LogP contribution in [0.4, 0.5) is 0 Å². The van der Waals surface area contributed by atoms with Gasteiger partial charge in [-0.3, -0.25) is 4.90 Å². The van der Waals surface area contributed by atoms with E-state index in [1.54, 1.807) is 4.31 Å². The van der Waals surface area contributed by atoms with Crippen LogP contribution >= 0.6 is 0 Å². The van der Waals surface area contributed by atoms with Crippen molar-refractivity contribution in [2.75, 3.05) is 25.9 Å². The number of nitrogens with zero attached hydrogens (tertiary/aromatic N) is 2. The molecule has 1 saturated heterocycles. The topological polar surface area (TPSA) is 40.6 Å². The molecule has 1 fully saturated rings. The molecule has 0 amide bonds. The largest absolute Gasteiger partial charge is 0.291 e. The molecule has 0 unspecified atom stereocenters. The van der Waals surface area contributed by atoms with E-state index in [0.717, 1.165) is 6.54 Å². The van der Waals surface area contributed by atoms with Crippen molar-refractivity contribution in [2.45, 2.75) is 25.9 Å². The molecular formula is C14H22N2O2S. The third-order valence-electron chi connectivity index (χ3n) is 3.70. The van der Waals surface area contributed by atoms with Gasteiger partial charge < -0.3 is 0 Å². The van der Waals surface area contributed by atoms with E-state index in [4.69, 9.17) is 0 Å². The normalized spacial score (nSPS) is 22.8. The summed E-state index contributed by atoms with van der Waals surface area (Å²) in [6.07, 6.45) is 1.29. The van der Waals surface area contributed by atoms with Crippen molar-refractivity contribution in [1.82, 2.24) is 9.21 Å². The lowest BCUT2D eigenvalue weighted by Gasteiger charge is -2.42. The van der Waals surface area contributed by atoms with E-state index in [0.29, 0.717) is 19.1 Å². The van der Waals surface area contributed by atoms with Crippen LogP contribution in [0.5, 0.6) is 0 Å². The molecule has 0 spiro atoms. The molecule has 0 aliphatic carbocycles. The quantitative estimate of drug-likeness (QED) is 0.847. The first kappa shape index (κ1) is 14.5. The highest BCUT2D eigenvalue weighted by Gasteiger charge is 2.33. The van der Waals surface area contributed by atoms with Gasteiger partial charge in [0.2, 0.25) is 10.0 Å². The minimum Gasteiger partial charge on any atom is -0.291 e. The third-order valence-corrected chi connectivity index (χ3v) is 4.97. The summed E-state index contributed by atoms with van der Waals surface area (Å²) in [5.41, 5.74) is 1.18. The molecule has 1 aliphatic heterocycles. The Morgan fingerprint density at radius 1 is 1.16 bits per heavy atom. The molecule has 1 aromatic carbocycles.